The highest BCUT2D eigenvalue weighted by Gasteiger charge is 2.20. The third-order valence-electron chi connectivity index (χ3n) is 3.72. The molecule has 1 aliphatic rings. The molecule has 0 bridgehead atoms. The van der Waals surface area contributed by atoms with Gasteiger partial charge >= 0.3 is 0 Å². The van der Waals surface area contributed by atoms with E-state index in [2.05, 4.69) is 5.32 Å². The number of ether oxygens (including phenoxy) is 2. The second-order valence-electron chi connectivity index (χ2n) is 5.71. The lowest BCUT2D eigenvalue weighted by Gasteiger charge is -2.26. The van der Waals surface area contributed by atoms with Crippen molar-refractivity contribution >= 4 is 29.3 Å². The van der Waals surface area contributed by atoms with Crippen LogP contribution < -0.4 is 14.8 Å². The number of hydrogen-bond acceptors (Lipinski definition) is 4. The molecule has 0 saturated heterocycles. The zero-order valence-corrected chi connectivity index (χ0v) is 15.3. The molecule has 1 aliphatic heterocycles. The number of rotatable bonds is 7. The van der Waals surface area contributed by atoms with Gasteiger partial charge in [0.15, 0.2) is 11.5 Å². The van der Waals surface area contributed by atoms with Crippen LogP contribution in [-0.2, 0) is 4.79 Å². The fourth-order valence-electron chi connectivity index (χ4n) is 2.43. The highest BCUT2D eigenvalue weighted by Crippen LogP contribution is 2.30. The topological polar surface area (TPSA) is 47.6 Å². The van der Waals surface area contributed by atoms with Gasteiger partial charge in [0, 0.05) is 16.3 Å². The SMILES string of the molecule is O=C(CCCSc1ccc(Cl)cc1)NC[C@@H]1COc2ccccc2O1. The summed E-state index contributed by atoms with van der Waals surface area (Å²) in [6, 6.07) is 15.3. The Kier molecular flexibility index (Phi) is 6.48. The third-order valence-corrected chi connectivity index (χ3v) is 5.08. The summed E-state index contributed by atoms with van der Waals surface area (Å²) in [6.45, 7) is 0.904. The Bertz CT molecular complexity index is 708. The number of thioether (sulfide) groups is 1. The summed E-state index contributed by atoms with van der Waals surface area (Å²) in [5.74, 6) is 2.42. The van der Waals surface area contributed by atoms with Gasteiger partial charge in [-0.1, -0.05) is 23.7 Å². The van der Waals surface area contributed by atoms with E-state index in [4.69, 9.17) is 21.1 Å². The zero-order chi connectivity index (χ0) is 17.5. The van der Waals surface area contributed by atoms with Crippen molar-refractivity contribution < 1.29 is 14.3 Å². The molecule has 0 saturated carbocycles. The van der Waals surface area contributed by atoms with Gasteiger partial charge in [-0.3, -0.25) is 4.79 Å². The molecule has 0 aliphatic carbocycles. The summed E-state index contributed by atoms with van der Waals surface area (Å²) in [6.07, 6.45) is 1.18. The van der Waals surface area contributed by atoms with Crippen molar-refractivity contribution in [3.8, 4) is 11.5 Å². The maximum absolute atomic E-state index is 12.0. The first kappa shape index (κ1) is 18.0. The van der Waals surface area contributed by atoms with Crippen molar-refractivity contribution in [2.75, 3.05) is 18.9 Å². The summed E-state index contributed by atoms with van der Waals surface area (Å²) < 4.78 is 11.5. The molecule has 0 aromatic heterocycles. The van der Waals surface area contributed by atoms with Crippen LogP contribution in [0.4, 0.5) is 0 Å². The highest BCUT2D eigenvalue weighted by atomic mass is 35.5. The summed E-state index contributed by atoms with van der Waals surface area (Å²) >= 11 is 7.59. The van der Waals surface area contributed by atoms with Gasteiger partial charge in [0.25, 0.3) is 0 Å². The Morgan fingerprint density at radius 1 is 1.16 bits per heavy atom. The van der Waals surface area contributed by atoms with Crippen LogP contribution in [0, 0.1) is 0 Å². The smallest absolute Gasteiger partial charge is 0.220 e. The molecule has 6 heteroatoms. The fourth-order valence-corrected chi connectivity index (χ4v) is 3.41. The number of benzene rings is 2. The molecule has 0 fully saturated rings. The predicted octanol–water partition coefficient (Wildman–Crippen LogP) is 4.17. The number of hydrogen-bond donors (Lipinski definition) is 1. The third kappa shape index (κ3) is 5.58. The Labute approximate surface area is 156 Å². The van der Waals surface area contributed by atoms with Gasteiger partial charge in [-0.15, -0.1) is 11.8 Å². The predicted molar refractivity (Wildman–Crippen MR) is 101 cm³/mol. The summed E-state index contributed by atoms with van der Waals surface area (Å²) in [5.41, 5.74) is 0. The molecule has 3 rings (SSSR count). The average Bonchev–Trinajstić information content (AvgIpc) is 2.65. The van der Waals surface area contributed by atoms with E-state index in [0.29, 0.717) is 19.6 Å². The van der Waals surface area contributed by atoms with Crippen molar-refractivity contribution in [2.45, 2.75) is 23.8 Å². The van der Waals surface area contributed by atoms with Gasteiger partial charge in [0.05, 0.1) is 6.54 Å². The van der Waals surface area contributed by atoms with Crippen LogP contribution in [0.25, 0.3) is 0 Å². The Morgan fingerprint density at radius 3 is 2.72 bits per heavy atom. The van der Waals surface area contributed by atoms with Gasteiger partial charge in [-0.2, -0.15) is 0 Å². The zero-order valence-electron chi connectivity index (χ0n) is 13.7. The molecule has 25 heavy (non-hydrogen) atoms. The number of fused-ring (bicyclic) bond motifs is 1. The second kappa shape index (κ2) is 9.02. The number of carbonyl (C=O) groups is 1. The van der Waals surface area contributed by atoms with Crippen LogP contribution in [-0.4, -0.2) is 30.9 Å². The minimum absolute atomic E-state index is 0.0409. The number of carbonyl (C=O) groups excluding carboxylic acids is 1. The Balaban J connectivity index is 1.31. The average molecular weight is 378 g/mol. The van der Waals surface area contributed by atoms with Crippen LogP contribution in [0.15, 0.2) is 53.4 Å². The molecule has 0 spiro atoms. The number of halogens is 1. The van der Waals surface area contributed by atoms with E-state index < -0.39 is 0 Å². The Hall–Kier alpha value is -1.85. The summed E-state index contributed by atoms with van der Waals surface area (Å²) in [4.78, 5) is 13.1. The van der Waals surface area contributed by atoms with Crippen LogP contribution in [0.2, 0.25) is 5.02 Å². The molecule has 2 aromatic rings. The molecule has 2 aromatic carbocycles. The lowest BCUT2D eigenvalue weighted by Crippen LogP contribution is -2.40. The van der Waals surface area contributed by atoms with Crippen molar-refractivity contribution in [2.24, 2.45) is 0 Å². The number of para-hydroxylation sites is 2. The van der Waals surface area contributed by atoms with Gasteiger partial charge < -0.3 is 14.8 Å². The van der Waals surface area contributed by atoms with Crippen LogP contribution >= 0.6 is 23.4 Å². The van der Waals surface area contributed by atoms with Crippen LogP contribution in [0.3, 0.4) is 0 Å². The molecule has 1 heterocycles. The van der Waals surface area contributed by atoms with Crippen molar-refractivity contribution in [3.63, 3.8) is 0 Å². The lowest BCUT2D eigenvalue weighted by molar-refractivity contribution is -0.121. The van der Waals surface area contributed by atoms with E-state index in [1.165, 1.54) is 0 Å². The molecule has 0 radical (unpaired) electrons. The molecular formula is C19H20ClNO3S. The highest BCUT2D eigenvalue weighted by molar-refractivity contribution is 7.99. The molecule has 132 valence electrons. The first-order valence-electron chi connectivity index (χ1n) is 8.24. The minimum Gasteiger partial charge on any atom is -0.486 e. The van der Waals surface area contributed by atoms with Gasteiger partial charge in [0.2, 0.25) is 5.91 Å². The monoisotopic (exact) mass is 377 g/mol. The molecule has 4 nitrogen and oxygen atoms in total. The number of nitrogens with one attached hydrogen (secondary N) is 1. The first-order chi connectivity index (χ1) is 12.2. The molecule has 1 N–H and O–H groups in total. The molecule has 1 atom stereocenters. The Morgan fingerprint density at radius 2 is 1.92 bits per heavy atom. The fraction of sp³-hybridized carbons (Fsp3) is 0.316. The van der Waals surface area contributed by atoms with E-state index in [9.17, 15) is 4.79 Å². The maximum Gasteiger partial charge on any atom is 0.220 e. The van der Waals surface area contributed by atoms with Crippen molar-refractivity contribution in [1.29, 1.82) is 0 Å². The largest absolute Gasteiger partial charge is 0.486 e. The lowest BCUT2D eigenvalue weighted by atomic mass is 10.2. The summed E-state index contributed by atoms with van der Waals surface area (Å²) in [7, 11) is 0. The van der Waals surface area contributed by atoms with Crippen molar-refractivity contribution in [1.82, 2.24) is 5.32 Å². The van der Waals surface area contributed by atoms with Gasteiger partial charge in [-0.25, -0.2) is 0 Å². The minimum atomic E-state index is -0.151. The van der Waals surface area contributed by atoms with Gasteiger partial charge in [-0.05, 0) is 48.6 Å². The van der Waals surface area contributed by atoms with E-state index in [1.807, 2.05) is 48.5 Å². The first-order valence-corrected chi connectivity index (χ1v) is 9.60. The van der Waals surface area contributed by atoms with Crippen LogP contribution in [0.1, 0.15) is 12.8 Å². The van der Waals surface area contributed by atoms with E-state index in [0.717, 1.165) is 33.6 Å². The molecular weight excluding hydrogens is 358 g/mol. The van der Waals surface area contributed by atoms with E-state index in [1.54, 1.807) is 11.8 Å². The van der Waals surface area contributed by atoms with E-state index in [-0.39, 0.29) is 12.0 Å². The summed E-state index contributed by atoms with van der Waals surface area (Å²) in [5, 5.41) is 3.66. The quantitative estimate of drug-likeness (QED) is 0.581. The second-order valence-corrected chi connectivity index (χ2v) is 7.31. The molecule has 0 unspecified atom stereocenters. The standard InChI is InChI=1S/C19H20ClNO3S/c20-14-7-9-16(10-8-14)25-11-3-6-19(22)21-12-15-13-23-17-4-1-2-5-18(17)24-15/h1-2,4-5,7-10,15H,3,6,11-13H2,(H,21,22)/t15-/m1/s1. The normalized spacial score (nSPS) is 15.6. The maximum atomic E-state index is 12.0. The van der Waals surface area contributed by atoms with Crippen LogP contribution in [0.5, 0.6) is 11.5 Å². The molecule has 1 amide bonds. The number of amides is 1. The van der Waals surface area contributed by atoms with Gasteiger partial charge in [0.1, 0.15) is 12.7 Å². The van der Waals surface area contributed by atoms with E-state index >= 15 is 0 Å². The van der Waals surface area contributed by atoms with Crippen molar-refractivity contribution in [3.05, 3.63) is 53.6 Å².